The van der Waals surface area contributed by atoms with E-state index in [1.165, 1.54) is 38.5 Å². The SMILES string of the molecule is COC(=O)c1cc(N)cc(Cc2cc(N)cc(C(=O)OC)c2O)c1O. The minimum absolute atomic E-state index is 0.0261. The van der Waals surface area contributed by atoms with Crippen molar-refractivity contribution in [2.45, 2.75) is 6.42 Å². The fourth-order valence-corrected chi connectivity index (χ4v) is 2.44. The summed E-state index contributed by atoms with van der Waals surface area (Å²) in [5.41, 5.74) is 12.3. The maximum atomic E-state index is 11.7. The standard InChI is InChI=1S/C17H18N2O6/c1-24-16(22)12-6-10(18)4-8(14(12)20)3-9-5-11(19)7-13(15(9)21)17(23)25-2/h4-7,20-21H,3,18-19H2,1-2H3. The zero-order valence-electron chi connectivity index (χ0n) is 13.7. The first kappa shape index (κ1) is 17.9. The minimum Gasteiger partial charge on any atom is -0.507 e. The lowest BCUT2D eigenvalue weighted by molar-refractivity contribution is 0.0588. The number of nitrogen functional groups attached to an aromatic ring is 2. The molecule has 0 saturated carbocycles. The summed E-state index contributed by atoms with van der Waals surface area (Å²) >= 11 is 0. The molecule has 25 heavy (non-hydrogen) atoms. The second-order valence-corrected chi connectivity index (χ2v) is 5.31. The van der Waals surface area contributed by atoms with Gasteiger partial charge in [-0.1, -0.05) is 0 Å². The van der Waals surface area contributed by atoms with Crippen LogP contribution in [0.1, 0.15) is 31.8 Å². The van der Waals surface area contributed by atoms with Crippen LogP contribution in [0.3, 0.4) is 0 Å². The van der Waals surface area contributed by atoms with E-state index in [1.807, 2.05) is 0 Å². The average Bonchev–Trinajstić information content (AvgIpc) is 2.59. The maximum absolute atomic E-state index is 11.7. The summed E-state index contributed by atoms with van der Waals surface area (Å²) in [5, 5.41) is 20.6. The summed E-state index contributed by atoms with van der Waals surface area (Å²) < 4.78 is 9.20. The number of anilines is 2. The predicted molar refractivity (Wildman–Crippen MR) is 90.5 cm³/mol. The molecule has 0 radical (unpaired) electrons. The molecule has 0 aliphatic heterocycles. The van der Waals surface area contributed by atoms with Crippen LogP contribution in [0.2, 0.25) is 0 Å². The fourth-order valence-electron chi connectivity index (χ4n) is 2.44. The van der Waals surface area contributed by atoms with Crippen LogP contribution in [0.5, 0.6) is 11.5 Å². The highest BCUT2D eigenvalue weighted by Gasteiger charge is 2.20. The van der Waals surface area contributed by atoms with Gasteiger partial charge in [0.25, 0.3) is 0 Å². The number of methoxy groups -OCH3 is 2. The summed E-state index contributed by atoms with van der Waals surface area (Å²) in [6.45, 7) is 0. The van der Waals surface area contributed by atoms with Crippen LogP contribution in [0, 0.1) is 0 Å². The lowest BCUT2D eigenvalue weighted by atomic mass is 9.97. The van der Waals surface area contributed by atoms with Crippen LogP contribution in [0.25, 0.3) is 0 Å². The smallest absolute Gasteiger partial charge is 0.341 e. The molecule has 2 aromatic rings. The lowest BCUT2D eigenvalue weighted by Crippen LogP contribution is -2.07. The van der Waals surface area contributed by atoms with Gasteiger partial charge in [0.05, 0.1) is 14.2 Å². The third-order valence-electron chi connectivity index (χ3n) is 3.61. The summed E-state index contributed by atoms with van der Waals surface area (Å²) in [7, 11) is 2.36. The van der Waals surface area contributed by atoms with E-state index in [0.717, 1.165) is 0 Å². The number of ether oxygens (including phenoxy) is 2. The van der Waals surface area contributed by atoms with E-state index in [1.54, 1.807) is 0 Å². The summed E-state index contributed by atoms with van der Waals surface area (Å²) in [5.74, 6) is -2.17. The van der Waals surface area contributed by atoms with Crippen molar-refractivity contribution in [3.8, 4) is 11.5 Å². The molecule has 132 valence electrons. The van der Waals surface area contributed by atoms with E-state index in [-0.39, 0.29) is 51.5 Å². The van der Waals surface area contributed by atoms with Gasteiger partial charge in [0.1, 0.15) is 22.6 Å². The van der Waals surface area contributed by atoms with Crippen molar-refractivity contribution in [1.82, 2.24) is 0 Å². The molecule has 0 saturated heterocycles. The molecule has 0 bridgehead atoms. The summed E-state index contributed by atoms with van der Waals surface area (Å²) in [6, 6.07) is 5.46. The van der Waals surface area contributed by atoms with E-state index in [2.05, 4.69) is 9.47 Å². The Morgan fingerprint density at radius 2 is 1.20 bits per heavy atom. The van der Waals surface area contributed by atoms with Crippen molar-refractivity contribution in [3.05, 3.63) is 46.5 Å². The van der Waals surface area contributed by atoms with Gasteiger partial charge in [0.2, 0.25) is 0 Å². The number of carbonyl (C=O) groups excluding carboxylic acids is 2. The number of hydrogen-bond donors (Lipinski definition) is 4. The Labute approximate surface area is 143 Å². The molecule has 0 aliphatic carbocycles. The second kappa shape index (κ2) is 7.00. The van der Waals surface area contributed by atoms with Crippen LogP contribution in [0.4, 0.5) is 11.4 Å². The van der Waals surface area contributed by atoms with Crippen molar-refractivity contribution in [1.29, 1.82) is 0 Å². The molecule has 0 fully saturated rings. The Hall–Kier alpha value is -3.42. The number of phenolic OH excluding ortho intramolecular Hbond substituents is 2. The summed E-state index contributed by atoms with van der Waals surface area (Å²) in [4.78, 5) is 23.5. The highest BCUT2D eigenvalue weighted by molar-refractivity contribution is 5.95. The highest BCUT2D eigenvalue weighted by atomic mass is 16.5. The van der Waals surface area contributed by atoms with E-state index < -0.39 is 11.9 Å². The first-order valence-electron chi connectivity index (χ1n) is 7.17. The van der Waals surface area contributed by atoms with Gasteiger partial charge in [-0.2, -0.15) is 0 Å². The Balaban J connectivity index is 2.54. The molecule has 0 aliphatic rings. The van der Waals surface area contributed by atoms with E-state index >= 15 is 0 Å². The zero-order valence-corrected chi connectivity index (χ0v) is 13.7. The van der Waals surface area contributed by atoms with Gasteiger partial charge in [0.15, 0.2) is 0 Å². The van der Waals surface area contributed by atoms with Crippen LogP contribution >= 0.6 is 0 Å². The molecule has 0 atom stereocenters. The largest absolute Gasteiger partial charge is 0.507 e. The van der Waals surface area contributed by atoms with Crippen molar-refractivity contribution >= 4 is 23.3 Å². The predicted octanol–water partition coefficient (Wildman–Crippen LogP) is 1.43. The van der Waals surface area contributed by atoms with E-state index in [4.69, 9.17) is 11.5 Å². The van der Waals surface area contributed by atoms with Crippen LogP contribution < -0.4 is 11.5 Å². The maximum Gasteiger partial charge on any atom is 0.341 e. The van der Waals surface area contributed by atoms with E-state index in [0.29, 0.717) is 0 Å². The fraction of sp³-hybridized carbons (Fsp3) is 0.176. The Morgan fingerprint density at radius 3 is 1.52 bits per heavy atom. The van der Waals surface area contributed by atoms with Gasteiger partial charge in [0, 0.05) is 28.9 Å². The number of nitrogens with two attached hydrogens (primary N) is 2. The van der Waals surface area contributed by atoms with Crippen LogP contribution in [-0.2, 0) is 15.9 Å². The quantitative estimate of drug-likeness (QED) is 0.369. The molecule has 8 heteroatoms. The van der Waals surface area contributed by atoms with Gasteiger partial charge in [-0.25, -0.2) is 9.59 Å². The van der Waals surface area contributed by atoms with Gasteiger partial charge >= 0.3 is 11.9 Å². The Bertz CT molecular complexity index is 778. The summed E-state index contributed by atoms with van der Waals surface area (Å²) in [6.07, 6.45) is -0.0261. The molecular formula is C17H18N2O6. The molecule has 0 heterocycles. The van der Waals surface area contributed by atoms with Gasteiger partial charge in [-0.3, -0.25) is 0 Å². The van der Waals surface area contributed by atoms with Gasteiger partial charge < -0.3 is 31.2 Å². The van der Waals surface area contributed by atoms with Crippen molar-refractivity contribution in [3.63, 3.8) is 0 Å². The third-order valence-corrected chi connectivity index (χ3v) is 3.61. The Morgan fingerprint density at radius 1 is 0.840 bits per heavy atom. The minimum atomic E-state index is -0.752. The van der Waals surface area contributed by atoms with E-state index in [9.17, 15) is 19.8 Å². The Kier molecular flexibility index (Phi) is 5.02. The molecule has 6 N–H and O–H groups in total. The molecule has 2 aromatic carbocycles. The molecular weight excluding hydrogens is 328 g/mol. The number of phenols is 2. The van der Waals surface area contributed by atoms with Crippen LogP contribution in [0.15, 0.2) is 24.3 Å². The first-order valence-corrected chi connectivity index (χ1v) is 7.17. The number of benzene rings is 2. The molecule has 0 unspecified atom stereocenters. The monoisotopic (exact) mass is 346 g/mol. The van der Waals surface area contributed by atoms with Gasteiger partial charge in [-0.05, 0) is 24.3 Å². The number of carbonyl (C=O) groups is 2. The second-order valence-electron chi connectivity index (χ2n) is 5.31. The van der Waals surface area contributed by atoms with Crippen molar-refractivity contribution in [2.75, 3.05) is 25.7 Å². The number of hydrogen-bond acceptors (Lipinski definition) is 8. The molecule has 8 nitrogen and oxygen atoms in total. The van der Waals surface area contributed by atoms with Crippen molar-refractivity contribution in [2.24, 2.45) is 0 Å². The lowest BCUT2D eigenvalue weighted by Gasteiger charge is -2.13. The molecule has 0 aromatic heterocycles. The number of esters is 2. The normalized spacial score (nSPS) is 10.3. The zero-order chi connectivity index (χ0) is 18.7. The number of rotatable bonds is 4. The highest BCUT2D eigenvalue weighted by Crippen LogP contribution is 2.33. The number of aromatic hydroxyl groups is 2. The first-order chi connectivity index (χ1) is 11.8. The van der Waals surface area contributed by atoms with Crippen molar-refractivity contribution < 1.29 is 29.3 Å². The molecule has 0 amide bonds. The van der Waals surface area contributed by atoms with Crippen LogP contribution in [-0.4, -0.2) is 36.4 Å². The van der Waals surface area contributed by atoms with Gasteiger partial charge in [-0.15, -0.1) is 0 Å². The average molecular weight is 346 g/mol. The third kappa shape index (κ3) is 3.57. The molecule has 0 spiro atoms. The topological polar surface area (TPSA) is 145 Å². The molecule has 2 rings (SSSR count).